The molecule has 2 rings (SSSR count). The first kappa shape index (κ1) is 18.5. The minimum atomic E-state index is -0.361. The zero-order chi connectivity index (χ0) is 16.8. The van der Waals surface area contributed by atoms with Crippen molar-refractivity contribution in [3.8, 4) is 0 Å². The molecule has 9 heteroatoms. The van der Waals surface area contributed by atoms with E-state index in [2.05, 4.69) is 16.9 Å². The Morgan fingerprint density at radius 1 is 1.09 bits per heavy atom. The Kier molecular flexibility index (Phi) is 7.16. The maximum atomic E-state index is 12.1. The minimum absolute atomic E-state index is 0.337. The Labute approximate surface area is 146 Å². The summed E-state index contributed by atoms with van der Waals surface area (Å²) in [5, 5.41) is 0.654. The number of hydrogen-bond donors (Lipinski definition) is 1. The molecule has 2 aromatic heterocycles. The summed E-state index contributed by atoms with van der Waals surface area (Å²) in [7, 11) is 8.04. The molecule has 0 aliphatic heterocycles. The number of aromatic amines is 1. The van der Waals surface area contributed by atoms with E-state index in [4.69, 9.17) is 0 Å². The summed E-state index contributed by atoms with van der Waals surface area (Å²) in [6.45, 7) is 2.22. The van der Waals surface area contributed by atoms with Gasteiger partial charge in [0.25, 0.3) is 5.56 Å². The van der Waals surface area contributed by atoms with Gasteiger partial charge < -0.3 is 4.98 Å². The molecule has 0 aromatic carbocycles. The van der Waals surface area contributed by atoms with E-state index in [-0.39, 0.29) is 11.2 Å². The van der Waals surface area contributed by atoms with Gasteiger partial charge in [-0.3, -0.25) is 13.9 Å². The lowest BCUT2D eigenvalue weighted by molar-refractivity contribution is 0.660. The minimum Gasteiger partial charge on any atom is -0.326 e. The lowest BCUT2D eigenvalue weighted by Gasteiger charge is -2.00. The van der Waals surface area contributed by atoms with Crippen LogP contribution in [0.4, 0.5) is 0 Å². The van der Waals surface area contributed by atoms with Crippen molar-refractivity contribution >= 4 is 42.6 Å². The highest BCUT2D eigenvalue weighted by Crippen LogP contribution is 2.39. The molecule has 0 aliphatic rings. The van der Waals surface area contributed by atoms with Crippen molar-refractivity contribution in [3.05, 3.63) is 20.8 Å². The molecular weight excluding hydrogens is 352 g/mol. The van der Waals surface area contributed by atoms with Crippen molar-refractivity contribution < 1.29 is 0 Å². The number of unbranched alkanes of at least 4 members (excludes halogenated alkanes) is 4. The normalized spacial score (nSPS) is 11.4. The van der Waals surface area contributed by atoms with Gasteiger partial charge in [0.05, 0.1) is 0 Å². The molecule has 0 amide bonds. The molecular formula is C14H22N4O2S3. The first-order valence-electron chi connectivity index (χ1n) is 7.68. The third kappa shape index (κ3) is 4.60. The molecule has 0 unspecified atom stereocenters. The van der Waals surface area contributed by atoms with Gasteiger partial charge in [-0.1, -0.05) is 43.4 Å². The molecule has 0 aliphatic carbocycles. The number of rotatable bonds is 9. The van der Waals surface area contributed by atoms with E-state index in [1.54, 1.807) is 27.7 Å². The van der Waals surface area contributed by atoms with E-state index < -0.39 is 0 Å². The number of H-pyrrole nitrogens is 1. The number of nitrogens with one attached hydrogen (secondary N) is 1. The summed E-state index contributed by atoms with van der Waals surface area (Å²) in [6, 6.07) is 0. The van der Waals surface area contributed by atoms with Crippen molar-refractivity contribution in [2.24, 2.45) is 14.1 Å². The average molecular weight is 375 g/mol. The molecule has 0 saturated carbocycles. The van der Waals surface area contributed by atoms with E-state index in [1.807, 2.05) is 0 Å². The first-order chi connectivity index (χ1) is 11.1. The van der Waals surface area contributed by atoms with Gasteiger partial charge in [-0.25, -0.2) is 9.78 Å². The number of fused-ring (bicyclic) bond motifs is 1. The van der Waals surface area contributed by atoms with Crippen LogP contribution in [0.5, 0.6) is 0 Å². The standard InChI is InChI=1S/C14H22N4O2S3/c1-4-5-6-7-8-9-21-23-22-13-15-10-11(16-13)17(2)14(20)18(3)12(10)19/h4-9H2,1-3H3,(H,15,16). The number of imidazole rings is 1. The molecule has 1 N–H and O–H groups in total. The van der Waals surface area contributed by atoms with Gasteiger partial charge in [0.15, 0.2) is 16.3 Å². The molecule has 0 bridgehead atoms. The number of nitrogens with zero attached hydrogens (tertiary/aromatic N) is 3. The SMILES string of the molecule is CCCCCCCSSSc1nc2c([nH]1)c(=O)n(C)c(=O)n2C. The Hall–Kier alpha value is -0.800. The van der Waals surface area contributed by atoms with E-state index in [0.717, 1.165) is 10.3 Å². The van der Waals surface area contributed by atoms with E-state index in [0.29, 0.717) is 16.3 Å². The summed E-state index contributed by atoms with van der Waals surface area (Å²) in [5.41, 5.74) is 0.0868. The molecule has 2 heterocycles. The van der Waals surface area contributed by atoms with E-state index in [9.17, 15) is 9.59 Å². The van der Waals surface area contributed by atoms with E-state index in [1.165, 1.54) is 54.5 Å². The van der Waals surface area contributed by atoms with Crippen LogP contribution < -0.4 is 11.2 Å². The van der Waals surface area contributed by atoms with Crippen LogP contribution in [-0.2, 0) is 14.1 Å². The highest BCUT2D eigenvalue weighted by atomic mass is 33.5. The summed E-state index contributed by atoms with van der Waals surface area (Å²) < 4.78 is 2.48. The van der Waals surface area contributed by atoms with E-state index >= 15 is 0 Å². The Morgan fingerprint density at radius 2 is 1.83 bits per heavy atom. The summed E-state index contributed by atoms with van der Waals surface area (Å²) in [4.78, 5) is 31.3. The zero-order valence-electron chi connectivity index (χ0n) is 13.6. The van der Waals surface area contributed by atoms with Crippen LogP contribution >= 0.6 is 31.4 Å². The average Bonchev–Trinajstić information content (AvgIpc) is 2.98. The molecule has 128 valence electrons. The van der Waals surface area contributed by atoms with Crippen LogP contribution in [0.2, 0.25) is 0 Å². The van der Waals surface area contributed by atoms with Crippen LogP contribution in [0.15, 0.2) is 14.7 Å². The van der Waals surface area contributed by atoms with Crippen LogP contribution in [0.3, 0.4) is 0 Å². The highest BCUT2D eigenvalue weighted by Gasteiger charge is 2.13. The largest absolute Gasteiger partial charge is 0.332 e. The van der Waals surface area contributed by atoms with Crippen molar-refractivity contribution in [2.45, 2.75) is 44.2 Å². The van der Waals surface area contributed by atoms with Gasteiger partial charge >= 0.3 is 5.69 Å². The van der Waals surface area contributed by atoms with Crippen molar-refractivity contribution in [3.63, 3.8) is 0 Å². The van der Waals surface area contributed by atoms with Gasteiger partial charge in [-0.2, -0.15) is 0 Å². The van der Waals surface area contributed by atoms with Crippen molar-refractivity contribution in [1.29, 1.82) is 0 Å². The number of hydrogen-bond acceptors (Lipinski definition) is 6. The van der Waals surface area contributed by atoms with Gasteiger partial charge in [0.2, 0.25) is 0 Å². The maximum Gasteiger partial charge on any atom is 0.332 e. The predicted molar refractivity (Wildman–Crippen MR) is 101 cm³/mol. The summed E-state index contributed by atoms with van der Waals surface area (Å²) in [6.07, 6.45) is 6.42. The second-order valence-electron chi connectivity index (χ2n) is 5.33. The molecule has 0 fully saturated rings. The predicted octanol–water partition coefficient (Wildman–Crippen LogP) is 3.32. The Balaban J connectivity index is 1.90. The van der Waals surface area contributed by atoms with Crippen LogP contribution in [0.25, 0.3) is 11.2 Å². The topological polar surface area (TPSA) is 72.7 Å². The van der Waals surface area contributed by atoms with Gasteiger partial charge in [0.1, 0.15) is 0 Å². The molecule has 0 atom stereocenters. The molecule has 0 saturated heterocycles. The lowest BCUT2D eigenvalue weighted by atomic mass is 10.2. The highest BCUT2D eigenvalue weighted by molar-refractivity contribution is 9.09. The quantitative estimate of drug-likeness (QED) is 0.536. The third-order valence-corrected chi connectivity index (χ3v) is 7.48. The fraction of sp³-hybridized carbons (Fsp3) is 0.643. The number of aryl methyl sites for hydroxylation is 1. The fourth-order valence-electron chi connectivity index (χ4n) is 2.20. The van der Waals surface area contributed by atoms with Gasteiger partial charge in [-0.15, -0.1) is 0 Å². The molecule has 6 nitrogen and oxygen atoms in total. The summed E-state index contributed by atoms with van der Waals surface area (Å²) in [5.74, 6) is 1.11. The molecule has 2 aromatic rings. The Morgan fingerprint density at radius 3 is 2.57 bits per heavy atom. The van der Waals surface area contributed by atoms with Crippen LogP contribution in [-0.4, -0.2) is 24.9 Å². The van der Waals surface area contributed by atoms with Crippen molar-refractivity contribution in [1.82, 2.24) is 19.1 Å². The van der Waals surface area contributed by atoms with Gasteiger partial charge in [0, 0.05) is 19.8 Å². The van der Waals surface area contributed by atoms with Crippen molar-refractivity contribution in [2.75, 3.05) is 5.75 Å². The molecule has 0 radical (unpaired) electrons. The van der Waals surface area contributed by atoms with Gasteiger partial charge in [-0.05, 0) is 27.0 Å². The lowest BCUT2D eigenvalue weighted by Crippen LogP contribution is -2.36. The maximum absolute atomic E-state index is 12.1. The second kappa shape index (κ2) is 8.89. The number of aromatic nitrogens is 4. The third-order valence-electron chi connectivity index (χ3n) is 3.57. The fourth-order valence-corrected chi connectivity index (χ4v) is 5.73. The smallest absolute Gasteiger partial charge is 0.326 e. The second-order valence-corrected chi connectivity index (χ2v) is 9.51. The first-order valence-corrected chi connectivity index (χ1v) is 11.3. The monoisotopic (exact) mass is 374 g/mol. The zero-order valence-corrected chi connectivity index (χ0v) is 16.1. The van der Waals surface area contributed by atoms with Crippen LogP contribution in [0, 0.1) is 0 Å². The summed E-state index contributed by atoms with van der Waals surface area (Å²) >= 11 is 0. The Bertz CT molecular complexity index is 766. The van der Waals surface area contributed by atoms with Crippen LogP contribution in [0.1, 0.15) is 39.0 Å². The molecule has 23 heavy (non-hydrogen) atoms. The molecule has 0 spiro atoms.